The fourth-order valence-corrected chi connectivity index (χ4v) is 2.19. The maximum Gasteiger partial charge on any atom is 0.311 e. The van der Waals surface area contributed by atoms with Gasteiger partial charge in [-0.1, -0.05) is 0 Å². The van der Waals surface area contributed by atoms with Crippen LogP contribution in [-0.2, 0) is 14.3 Å². The Balaban J connectivity index is 2.36. The summed E-state index contributed by atoms with van der Waals surface area (Å²) in [4.78, 5) is 12.0. The van der Waals surface area contributed by atoms with Gasteiger partial charge < -0.3 is 14.8 Å². The third-order valence-electron chi connectivity index (χ3n) is 3.57. The van der Waals surface area contributed by atoms with E-state index in [2.05, 4.69) is 5.32 Å². The molecule has 0 saturated carbocycles. The molecule has 1 atom stereocenters. The number of hydrogen-bond donors (Lipinski definition) is 1. The van der Waals surface area contributed by atoms with Crippen LogP contribution in [0.15, 0.2) is 0 Å². The van der Waals surface area contributed by atoms with Crippen molar-refractivity contribution < 1.29 is 14.3 Å². The lowest BCUT2D eigenvalue weighted by Gasteiger charge is -2.35. The van der Waals surface area contributed by atoms with Crippen molar-refractivity contribution in [3.8, 4) is 0 Å². The minimum atomic E-state index is -0.388. The summed E-state index contributed by atoms with van der Waals surface area (Å²) in [6.45, 7) is 7.05. The summed E-state index contributed by atoms with van der Waals surface area (Å²) in [6.07, 6.45) is 3.01. The molecule has 1 saturated heterocycles. The maximum atomic E-state index is 12.0. The first-order valence-corrected chi connectivity index (χ1v) is 6.46. The predicted molar refractivity (Wildman–Crippen MR) is 66.8 cm³/mol. The highest BCUT2D eigenvalue weighted by Gasteiger charge is 2.38. The zero-order valence-corrected chi connectivity index (χ0v) is 11.3. The van der Waals surface area contributed by atoms with Gasteiger partial charge in [-0.25, -0.2) is 0 Å². The van der Waals surface area contributed by atoms with Crippen LogP contribution in [-0.4, -0.2) is 39.4 Å². The van der Waals surface area contributed by atoms with Crippen molar-refractivity contribution in [2.24, 2.45) is 11.3 Å². The van der Waals surface area contributed by atoms with Crippen LogP contribution in [0.2, 0.25) is 0 Å². The van der Waals surface area contributed by atoms with Gasteiger partial charge in [-0.15, -0.1) is 0 Å². The second-order valence-electron chi connectivity index (χ2n) is 5.25. The molecule has 1 unspecified atom stereocenters. The van der Waals surface area contributed by atoms with E-state index in [1.165, 1.54) is 0 Å². The van der Waals surface area contributed by atoms with Crippen molar-refractivity contribution >= 4 is 5.97 Å². The monoisotopic (exact) mass is 243 g/mol. The van der Waals surface area contributed by atoms with E-state index in [4.69, 9.17) is 9.47 Å². The lowest BCUT2D eigenvalue weighted by atomic mass is 9.75. The van der Waals surface area contributed by atoms with Crippen molar-refractivity contribution in [3.63, 3.8) is 0 Å². The number of piperidine rings is 1. The zero-order valence-electron chi connectivity index (χ0n) is 11.3. The van der Waals surface area contributed by atoms with Gasteiger partial charge in [-0.2, -0.15) is 0 Å². The molecule has 1 N–H and O–H groups in total. The Labute approximate surface area is 104 Å². The summed E-state index contributed by atoms with van der Waals surface area (Å²) in [5, 5.41) is 3.34. The normalized spacial score (nSPS) is 21.2. The first-order valence-electron chi connectivity index (χ1n) is 6.46. The summed E-state index contributed by atoms with van der Waals surface area (Å²) < 4.78 is 10.2. The molecule has 0 bridgehead atoms. The minimum Gasteiger partial charge on any atom is -0.465 e. The van der Waals surface area contributed by atoms with E-state index in [9.17, 15) is 4.79 Å². The average Bonchev–Trinajstić information content (AvgIpc) is 2.35. The van der Waals surface area contributed by atoms with E-state index >= 15 is 0 Å². The highest BCUT2D eigenvalue weighted by molar-refractivity contribution is 5.76. The summed E-state index contributed by atoms with van der Waals surface area (Å²) in [5.74, 6) is 0.300. The van der Waals surface area contributed by atoms with Gasteiger partial charge in [0, 0.05) is 20.1 Å². The van der Waals surface area contributed by atoms with Crippen LogP contribution in [0, 0.1) is 11.3 Å². The molecule has 0 aromatic carbocycles. The molecule has 1 aliphatic heterocycles. The van der Waals surface area contributed by atoms with Crippen molar-refractivity contribution in [1.29, 1.82) is 0 Å². The van der Waals surface area contributed by atoms with E-state index < -0.39 is 0 Å². The fraction of sp³-hybridized carbons (Fsp3) is 0.923. The summed E-state index contributed by atoms with van der Waals surface area (Å²) in [5.41, 5.74) is -0.388. The third-order valence-corrected chi connectivity index (χ3v) is 3.57. The van der Waals surface area contributed by atoms with Crippen LogP contribution in [0.4, 0.5) is 0 Å². The van der Waals surface area contributed by atoms with E-state index in [1.54, 1.807) is 7.11 Å². The number of ether oxygens (including phenoxy) is 2. The molecular weight excluding hydrogens is 218 g/mol. The standard InChI is InChI=1S/C13H25NO3/c1-13(2,11-6-4-7-14-10-11)12(15)17-9-5-8-16-3/h11,14H,4-10H2,1-3H3. The predicted octanol–water partition coefficient (Wildman–Crippen LogP) is 1.59. The van der Waals surface area contributed by atoms with Gasteiger partial charge in [-0.05, 0) is 45.7 Å². The van der Waals surface area contributed by atoms with Crippen molar-refractivity contribution in [2.45, 2.75) is 33.1 Å². The Morgan fingerprint density at radius 1 is 1.41 bits per heavy atom. The number of carbonyl (C=O) groups excluding carboxylic acids is 1. The largest absolute Gasteiger partial charge is 0.465 e. The SMILES string of the molecule is COCCCOC(=O)C(C)(C)C1CCCNC1. The van der Waals surface area contributed by atoms with Gasteiger partial charge in [0.1, 0.15) is 0 Å². The smallest absolute Gasteiger partial charge is 0.311 e. The number of methoxy groups -OCH3 is 1. The molecule has 4 nitrogen and oxygen atoms in total. The molecule has 0 radical (unpaired) electrons. The van der Waals surface area contributed by atoms with Gasteiger partial charge >= 0.3 is 5.97 Å². The van der Waals surface area contributed by atoms with Gasteiger partial charge in [0.25, 0.3) is 0 Å². The molecule has 1 fully saturated rings. The van der Waals surface area contributed by atoms with Crippen LogP contribution < -0.4 is 5.32 Å². The molecule has 0 aromatic heterocycles. The van der Waals surface area contributed by atoms with Crippen LogP contribution >= 0.6 is 0 Å². The molecule has 0 spiro atoms. The van der Waals surface area contributed by atoms with Crippen molar-refractivity contribution in [1.82, 2.24) is 5.32 Å². The summed E-state index contributed by atoms with van der Waals surface area (Å²) in [7, 11) is 1.65. The van der Waals surface area contributed by atoms with Gasteiger partial charge in [0.05, 0.1) is 12.0 Å². The zero-order chi connectivity index (χ0) is 12.7. The lowest BCUT2D eigenvalue weighted by molar-refractivity contribution is -0.158. The van der Waals surface area contributed by atoms with E-state index in [0.29, 0.717) is 19.1 Å². The Hall–Kier alpha value is -0.610. The maximum absolute atomic E-state index is 12.0. The average molecular weight is 243 g/mol. The Morgan fingerprint density at radius 3 is 2.76 bits per heavy atom. The number of rotatable bonds is 6. The number of nitrogens with one attached hydrogen (secondary N) is 1. The lowest BCUT2D eigenvalue weighted by Crippen LogP contribution is -2.43. The van der Waals surface area contributed by atoms with Gasteiger partial charge in [-0.3, -0.25) is 4.79 Å². The molecule has 4 heteroatoms. The van der Waals surface area contributed by atoms with E-state index in [1.807, 2.05) is 13.8 Å². The molecule has 0 aromatic rings. The molecule has 0 amide bonds. The van der Waals surface area contributed by atoms with Crippen LogP contribution in [0.5, 0.6) is 0 Å². The molecular formula is C13H25NO3. The van der Waals surface area contributed by atoms with E-state index in [-0.39, 0.29) is 11.4 Å². The molecule has 0 aliphatic carbocycles. The van der Waals surface area contributed by atoms with Crippen LogP contribution in [0.1, 0.15) is 33.1 Å². The van der Waals surface area contributed by atoms with Crippen molar-refractivity contribution in [2.75, 3.05) is 33.4 Å². The Kier molecular flexibility index (Phi) is 5.92. The van der Waals surface area contributed by atoms with Crippen molar-refractivity contribution in [3.05, 3.63) is 0 Å². The minimum absolute atomic E-state index is 0.0812. The summed E-state index contributed by atoms with van der Waals surface area (Å²) in [6, 6.07) is 0. The van der Waals surface area contributed by atoms with Gasteiger partial charge in [0.2, 0.25) is 0 Å². The second kappa shape index (κ2) is 6.97. The molecule has 17 heavy (non-hydrogen) atoms. The Morgan fingerprint density at radius 2 is 2.18 bits per heavy atom. The highest BCUT2D eigenvalue weighted by Crippen LogP contribution is 2.32. The highest BCUT2D eigenvalue weighted by atomic mass is 16.5. The topological polar surface area (TPSA) is 47.6 Å². The molecule has 100 valence electrons. The number of carbonyl (C=O) groups is 1. The Bertz CT molecular complexity index is 235. The molecule has 1 heterocycles. The summed E-state index contributed by atoms with van der Waals surface area (Å²) >= 11 is 0. The fourth-order valence-electron chi connectivity index (χ4n) is 2.19. The van der Waals surface area contributed by atoms with Crippen LogP contribution in [0.3, 0.4) is 0 Å². The number of esters is 1. The first-order chi connectivity index (χ1) is 8.09. The van der Waals surface area contributed by atoms with Gasteiger partial charge in [0.15, 0.2) is 0 Å². The molecule has 1 rings (SSSR count). The third kappa shape index (κ3) is 4.28. The number of hydrogen-bond acceptors (Lipinski definition) is 4. The second-order valence-corrected chi connectivity index (χ2v) is 5.25. The van der Waals surface area contributed by atoms with Crippen LogP contribution in [0.25, 0.3) is 0 Å². The first kappa shape index (κ1) is 14.5. The van der Waals surface area contributed by atoms with E-state index in [0.717, 1.165) is 32.4 Å². The molecule has 1 aliphatic rings. The quantitative estimate of drug-likeness (QED) is 0.568.